The summed E-state index contributed by atoms with van der Waals surface area (Å²) >= 11 is 0. The van der Waals surface area contributed by atoms with Crippen LogP contribution in [0.1, 0.15) is 99.9 Å². The van der Waals surface area contributed by atoms with Gasteiger partial charge in [0.2, 0.25) is 0 Å². The van der Waals surface area contributed by atoms with Gasteiger partial charge in [-0.3, -0.25) is 44.3 Å². The van der Waals surface area contributed by atoms with Crippen molar-refractivity contribution < 1.29 is 73.9 Å². The Hall–Kier alpha value is -11.2. The second-order valence-corrected chi connectivity index (χ2v) is 30.3. The largest absolute Gasteiger partial charge is 0.433 e. The SMILES string of the molecule is Cc1ncc(NC(=O)c2ccnc(C(F)(F)F)c2)cc1-c1cc(N2CCOCC2)nc(N2CC(C)(OCc3ncc(NC(=O)c4ccnc(C(C)(F)F)c4)cc3-c3cc(N4CCOCC4)nc(N4CC(C)(OCc5ncc(NC(=O)c6ccnc(C(C)(F)F)c6)cc5-c5cc(N6CCOCC6)nc(N6CC(C)(O)C6)c5)C4)c3)C2)c1. The zero-order valence-corrected chi connectivity index (χ0v) is 63.3. The monoisotopic (exact) mass is 1570 g/mol. The van der Waals surface area contributed by atoms with Crippen LogP contribution in [0, 0.1) is 6.92 Å². The first-order valence-electron chi connectivity index (χ1n) is 37.2. The average Bonchev–Trinajstić information content (AvgIpc) is 0.770. The number of amides is 3. The van der Waals surface area contributed by atoms with Crippen molar-refractivity contribution in [3.63, 3.8) is 0 Å². The molecule has 4 N–H and O–H groups in total. The summed E-state index contributed by atoms with van der Waals surface area (Å²) in [5, 5.41) is 19.3. The number of aliphatic hydroxyl groups is 1. The van der Waals surface area contributed by atoms with E-state index >= 15 is 0 Å². The number of anilines is 9. The minimum atomic E-state index is -4.76. The molecule has 6 aliphatic rings. The molecule has 0 atom stereocenters. The van der Waals surface area contributed by atoms with Gasteiger partial charge in [0.25, 0.3) is 29.6 Å². The van der Waals surface area contributed by atoms with Gasteiger partial charge in [0.15, 0.2) is 0 Å². The molecule has 114 heavy (non-hydrogen) atoms. The van der Waals surface area contributed by atoms with Gasteiger partial charge in [-0.05, 0) is 135 Å². The van der Waals surface area contributed by atoms with Crippen molar-refractivity contribution in [2.75, 3.05) is 164 Å². The van der Waals surface area contributed by atoms with E-state index in [2.05, 4.69) is 60.4 Å². The number of pyridine rings is 9. The van der Waals surface area contributed by atoms with Gasteiger partial charge in [0.1, 0.15) is 63.2 Å². The number of halogens is 7. The van der Waals surface area contributed by atoms with E-state index in [1.807, 2.05) is 62.1 Å². The molecule has 0 radical (unpaired) electrons. The molecular weight excluding hydrogens is 1490 g/mol. The fraction of sp³-hybridized carbons (Fsp3) is 0.400. The lowest BCUT2D eigenvalue weighted by molar-refractivity contribution is -0.141. The highest BCUT2D eigenvalue weighted by atomic mass is 19.4. The van der Waals surface area contributed by atoms with Crippen LogP contribution in [0.4, 0.5) is 82.7 Å². The van der Waals surface area contributed by atoms with Crippen LogP contribution >= 0.6 is 0 Å². The molecule has 27 nitrogen and oxygen atoms in total. The summed E-state index contributed by atoms with van der Waals surface area (Å²) in [4.78, 5) is 94.8. The Balaban J connectivity index is 0.715. The van der Waals surface area contributed by atoms with E-state index in [4.69, 9.17) is 48.6 Å². The van der Waals surface area contributed by atoms with Crippen molar-refractivity contribution in [3.05, 3.63) is 179 Å². The van der Waals surface area contributed by atoms with E-state index in [0.717, 1.165) is 30.7 Å². The summed E-state index contributed by atoms with van der Waals surface area (Å²) in [6.07, 6.45) is 2.88. The number of ether oxygens (including phenoxy) is 5. The van der Waals surface area contributed by atoms with Crippen LogP contribution < -0.4 is 45.3 Å². The minimum Gasteiger partial charge on any atom is -0.386 e. The highest BCUT2D eigenvalue weighted by Gasteiger charge is 2.44. The van der Waals surface area contributed by atoms with Crippen molar-refractivity contribution in [2.24, 2.45) is 0 Å². The molecule has 0 bridgehead atoms. The number of β-amino-alcohol motifs (C(OH)–C–C–N with tert-alkyl or cyclic N) is 1. The predicted octanol–water partition coefficient (Wildman–Crippen LogP) is 11.2. The van der Waals surface area contributed by atoms with Gasteiger partial charge < -0.3 is 74.1 Å². The van der Waals surface area contributed by atoms with Crippen LogP contribution in [-0.2, 0) is 54.9 Å². The number of hydrogen-bond acceptors (Lipinski definition) is 24. The van der Waals surface area contributed by atoms with Gasteiger partial charge in [0.05, 0.1) is 105 Å². The molecule has 0 aliphatic carbocycles. The Labute approximate surface area is 651 Å². The van der Waals surface area contributed by atoms with Crippen LogP contribution in [0.3, 0.4) is 0 Å². The smallest absolute Gasteiger partial charge is 0.386 e. The maximum absolute atomic E-state index is 14.6. The van der Waals surface area contributed by atoms with E-state index in [1.165, 1.54) is 36.8 Å². The number of hydrogen-bond donors (Lipinski definition) is 4. The zero-order valence-electron chi connectivity index (χ0n) is 63.3. The molecule has 6 fully saturated rings. The van der Waals surface area contributed by atoms with E-state index < -0.39 is 69.6 Å². The zero-order chi connectivity index (χ0) is 80.1. The average molecular weight is 1570 g/mol. The van der Waals surface area contributed by atoms with Gasteiger partial charge in [-0.2, -0.15) is 30.7 Å². The molecule has 0 unspecified atom stereocenters. The predicted molar refractivity (Wildman–Crippen MR) is 411 cm³/mol. The summed E-state index contributed by atoms with van der Waals surface area (Å²) in [7, 11) is 0. The van der Waals surface area contributed by atoms with Crippen molar-refractivity contribution in [2.45, 2.75) is 89.6 Å². The van der Waals surface area contributed by atoms with Gasteiger partial charge in [-0.1, -0.05) is 0 Å². The first-order valence-corrected chi connectivity index (χ1v) is 37.2. The van der Waals surface area contributed by atoms with E-state index in [9.17, 15) is 50.2 Å². The molecule has 0 spiro atoms. The van der Waals surface area contributed by atoms with Crippen molar-refractivity contribution in [3.8, 4) is 33.4 Å². The quantitative estimate of drug-likeness (QED) is 0.0433. The normalized spacial score (nSPS) is 17.5. The maximum Gasteiger partial charge on any atom is 0.433 e. The van der Waals surface area contributed by atoms with Crippen molar-refractivity contribution in [1.29, 1.82) is 0 Å². The Morgan fingerprint density at radius 2 is 0.737 bits per heavy atom. The molecular formula is C80H83F7N18O9. The number of nitrogens with zero attached hydrogens (tertiary/aromatic N) is 15. The molecule has 34 heteroatoms. The molecule has 6 saturated heterocycles. The van der Waals surface area contributed by atoms with Gasteiger partial charge in [-0.15, -0.1) is 0 Å². The molecule has 9 aromatic heterocycles. The second kappa shape index (κ2) is 31.3. The van der Waals surface area contributed by atoms with Crippen LogP contribution in [0.25, 0.3) is 33.4 Å². The van der Waals surface area contributed by atoms with Gasteiger partial charge >= 0.3 is 6.18 Å². The minimum absolute atomic E-state index is 0.0148. The summed E-state index contributed by atoms with van der Waals surface area (Å²) in [6, 6.07) is 23.5. The summed E-state index contributed by atoms with van der Waals surface area (Å²) in [5.74, 6) is -5.01. The first kappa shape index (κ1) is 78.1. The first-order chi connectivity index (χ1) is 54.3. The molecule has 15 rings (SSSR count). The Morgan fingerprint density at radius 1 is 0.430 bits per heavy atom. The molecule has 596 valence electrons. The van der Waals surface area contributed by atoms with Crippen molar-refractivity contribution in [1.82, 2.24) is 44.9 Å². The third kappa shape index (κ3) is 17.8. The van der Waals surface area contributed by atoms with E-state index in [0.29, 0.717) is 223 Å². The third-order valence-corrected chi connectivity index (χ3v) is 20.6. The molecule has 15 heterocycles. The number of rotatable bonds is 23. The summed E-state index contributed by atoms with van der Waals surface area (Å²) in [5.41, 5.74) is 0.977. The number of morpholine rings is 3. The Bertz CT molecular complexity index is 5110. The second-order valence-electron chi connectivity index (χ2n) is 30.3. The lowest BCUT2D eigenvalue weighted by atomic mass is 9.95. The molecule has 9 aromatic rings. The highest BCUT2D eigenvalue weighted by molar-refractivity contribution is 6.06. The van der Waals surface area contributed by atoms with Gasteiger partial charge in [0, 0.05) is 150 Å². The van der Waals surface area contributed by atoms with E-state index in [1.54, 1.807) is 25.1 Å². The van der Waals surface area contributed by atoms with Crippen LogP contribution in [0.15, 0.2) is 128 Å². The fourth-order valence-corrected chi connectivity index (χ4v) is 14.5. The fourth-order valence-electron chi connectivity index (χ4n) is 14.5. The van der Waals surface area contributed by atoms with Crippen LogP contribution in [-0.4, -0.2) is 203 Å². The topological polar surface area (TPSA) is 289 Å². The molecule has 3 amide bonds. The lowest BCUT2D eigenvalue weighted by Crippen LogP contribution is -2.61. The molecule has 0 aromatic carbocycles. The van der Waals surface area contributed by atoms with Crippen LogP contribution in [0.5, 0.6) is 0 Å². The number of aryl methyl sites for hydroxylation is 1. The van der Waals surface area contributed by atoms with Crippen molar-refractivity contribution >= 4 is 69.7 Å². The number of aromatic nitrogens is 9. The lowest BCUT2D eigenvalue weighted by Gasteiger charge is -2.48. The van der Waals surface area contributed by atoms with Crippen LogP contribution in [0.2, 0.25) is 0 Å². The standard InChI is InChI=1S/C80H83F7N18O9/c1-48-58(34-55(37-91-48)94-74(108)51-9-12-90-65(27-51)80(85,86)87)52-28-66(100-13-19-110-20-14-100)98-70(29-52)104-44-76(3,45-104)113-41-62-60(36-57(39-93-62)96-73(107)50-8-11-89-64(26-50)79(6,83)84)54-31-68(102-17-23-112-24-18-102)99-71(33-54)105-46-77(4,47-105)114-40-61-59(35-56(38-92-61)95-72(106)49-7-10-88-63(25-49)78(5,81)82)53-30-67(101-15-21-111-22-16-101)97-69(32-53)103-42-75(2,109)43-103/h7-12,25-39,109H,13-24,40-47H2,1-6H3,(H,94,108)(H,95,106)(H,96,107). The van der Waals surface area contributed by atoms with E-state index in [-0.39, 0.29) is 47.0 Å². The van der Waals surface area contributed by atoms with Gasteiger partial charge in [-0.25, -0.2) is 15.0 Å². The molecule has 0 saturated carbocycles. The molecule has 6 aliphatic heterocycles. The summed E-state index contributed by atoms with van der Waals surface area (Å²) < 4.78 is 130. The maximum atomic E-state index is 14.6. The number of alkyl halides is 7. The number of nitrogens with one attached hydrogen (secondary N) is 3. The summed E-state index contributed by atoms with van der Waals surface area (Å²) in [6.45, 7) is 17.1. The number of carbonyl (C=O) groups excluding carboxylic acids is 3. The third-order valence-electron chi connectivity index (χ3n) is 20.6. The Kier molecular flexibility index (Phi) is 21.5. The Morgan fingerprint density at radius 3 is 1.08 bits per heavy atom. The highest BCUT2D eigenvalue weighted by Crippen LogP contribution is 2.43. The number of carbonyl (C=O) groups is 3.